The van der Waals surface area contributed by atoms with E-state index in [-0.39, 0.29) is 24.0 Å². The molecule has 1 aliphatic heterocycles. The molecule has 1 aliphatic rings. The van der Waals surface area contributed by atoms with Gasteiger partial charge in [0, 0.05) is 56.3 Å². The molecule has 0 radical (unpaired) electrons. The highest BCUT2D eigenvalue weighted by Crippen LogP contribution is 2.13. The molecule has 2 N–H and O–H groups in total. The molecular weight excluding hydrogens is 447 g/mol. The highest BCUT2D eigenvalue weighted by atomic mass is 127. The van der Waals surface area contributed by atoms with Crippen LogP contribution >= 0.6 is 35.3 Å². The molecule has 6 nitrogen and oxygen atoms in total. The second-order valence-electron chi connectivity index (χ2n) is 6.37. The number of aromatic nitrogens is 1. The van der Waals surface area contributed by atoms with Crippen molar-refractivity contribution in [3.8, 4) is 0 Å². The Kier molecular flexibility index (Phi) is 10.9. The normalized spacial score (nSPS) is 19.5. The van der Waals surface area contributed by atoms with E-state index in [0.717, 1.165) is 58.1 Å². The molecule has 1 unspecified atom stereocenters. The Bertz CT molecular complexity index is 521. The van der Waals surface area contributed by atoms with Crippen LogP contribution < -0.4 is 10.6 Å². The number of hydrogen-bond acceptors (Lipinski definition) is 5. The number of piperazine rings is 1. The molecule has 8 heteroatoms. The minimum atomic E-state index is 0. The number of nitrogens with one attached hydrogen (secondary N) is 2. The van der Waals surface area contributed by atoms with Crippen LogP contribution in [0.1, 0.15) is 23.7 Å². The number of aliphatic imine (C=N–C) groups is 1. The van der Waals surface area contributed by atoms with Gasteiger partial charge in [-0.3, -0.25) is 9.89 Å². The Morgan fingerprint density at radius 2 is 2.12 bits per heavy atom. The van der Waals surface area contributed by atoms with Gasteiger partial charge in [-0.05, 0) is 27.4 Å². The van der Waals surface area contributed by atoms with E-state index in [1.807, 2.05) is 17.5 Å². The molecule has 25 heavy (non-hydrogen) atoms. The summed E-state index contributed by atoms with van der Waals surface area (Å²) in [5.41, 5.74) is 0. The topological polar surface area (TPSA) is 55.8 Å². The molecule has 1 fully saturated rings. The number of likely N-dealkylation sites (N-methyl/N-ethyl adjacent to an activating group) is 2. The summed E-state index contributed by atoms with van der Waals surface area (Å²) in [5.74, 6) is 0.909. The lowest BCUT2D eigenvalue weighted by Crippen LogP contribution is -2.51. The molecule has 2 rings (SSSR count). The molecule has 0 saturated carbocycles. The van der Waals surface area contributed by atoms with E-state index in [0.29, 0.717) is 6.04 Å². The summed E-state index contributed by atoms with van der Waals surface area (Å²) in [6, 6.07) is 0.491. The van der Waals surface area contributed by atoms with Crippen molar-refractivity contribution in [2.45, 2.75) is 32.7 Å². The van der Waals surface area contributed by atoms with E-state index >= 15 is 0 Å². The summed E-state index contributed by atoms with van der Waals surface area (Å²) >= 11 is 1.81. The van der Waals surface area contributed by atoms with Crippen LogP contribution in [0.3, 0.4) is 0 Å². The van der Waals surface area contributed by atoms with E-state index in [2.05, 4.69) is 53.4 Å². The maximum absolute atomic E-state index is 4.78. The summed E-state index contributed by atoms with van der Waals surface area (Å²) in [4.78, 5) is 15.4. The molecule has 144 valence electrons. The molecule has 1 aromatic heterocycles. The number of hydrogen-bond donors (Lipinski definition) is 2. The van der Waals surface area contributed by atoms with Gasteiger partial charge in [-0.25, -0.2) is 4.98 Å². The first-order chi connectivity index (χ1) is 11.6. The van der Waals surface area contributed by atoms with E-state index < -0.39 is 0 Å². The smallest absolute Gasteiger partial charge is 0.191 e. The summed E-state index contributed by atoms with van der Waals surface area (Å²) in [7, 11) is 4.38. The average molecular weight is 480 g/mol. The van der Waals surface area contributed by atoms with Gasteiger partial charge in [-0.2, -0.15) is 0 Å². The number of thiazole rings is 1. The molecule has 0 amide bonds. The predicted octanol–water partition coefficient (Wildman–Crippen LogP) is 1.67. The molecule has 0 aliphatic carbocycles. The molecule has 1 atom stereocenters. The lowest BCUT2D eigenvalue weighted by molar-refractivity contribution is 0.119. The fraction of sp³-hybridized carbons (Fsp3) is 0.765. The van der Waals surface area contributed by atoms with E-state index in [9.17, 15) is 0 Å². The summed E-state index contributed by atoms with van der Waals surface area (Å²) in [6.07, 6.45) is 4.01. The molecule has 0 bridgehead atoms. The van der Waals surface area contributed by atoms with Gasteiger partial charge < -0.3 is 15.5 Å². The van der Waals surface area contributed by atoms with Crippen LogP contribution in [0.15, 0.2) is 11.2 Å². The lowest BCUT2D eigenvalue weighted by Gasteiger charge is -2.36. The third-order valence-electron chi connectivity index (χ3n) is 4.37. The first-order valence-corrected chi connectivity index (χ1v) is 9.78. The minimum Gasteiger partial charge on any atom is -0.357 e. The highest BCUT2D eigenvalue weighted by molar-refractivity contribution is 14.0. The number of aryl methyl sites for hydroxylation is 1. The maximum Gasteiger partial charge on any atom is 0.191 e. The zero-order chi connectivity index (χ0) is 17.4. The Labute approximate surface area is 173 Å². The first-order valence-electron chi connectivity index (χ1n) is 8.96. The average Bonchev–Trinajstić information content (AvgIpc) is 3.03. The van der Waals surface area contributed by atoms with Crippen LogP contribution in [0.25, 0.3) is 0 Å². The van der Waals surface area contributed by atoms with Gasteiger partial charge in [-0.15, -0.1) is 35.3 Å². The number of guanidine groups is 1. The fourth-order valence-electron chi connectivity index (χ4n) is 2.75. The van der Waals surface area contributed by atoms with Crippen molar-refractivity contribution in [2.75, 3.05) is 53.4 Å². The van der Waals surface area contributed by atoms with Crippen LogP contribution in [0.5, 0.6) is 0 Å². The van der Waals surface area contributed by atoms with Crippen LogP contribution in [0, 0.1) is 0 Å². The Morgan fingerprint density at radius 1 is 1.32 bits per heavy atom. The predicted molar refractivity (Wildman–Crippen MR) is 119 cm³/mol. The summed E-state index contributed by atoms with van der Waals surface area (Å²) in [5, 5.41) is 7.97. The van der Waals surface area contributed by atoms with Gasteiger partial charge in [0.15, 0.2) is 5.96 Å². The van der Waals surface area contributed by atoms with Gasteiger partial charge in [0.05, 0.1) is 11.6 Å². The van der Waals surface area contributed by atoms with Gasteiger partial charge in [0.25, 0.3) is 0 Å². The Hall–Kier alpha value is -0.450. The van der Waals surface area contributed by atoms with Crippen molar-refractivity contribution in [3.05, 3.63) is 16.1 Å². The molecule has 1 aromatic rings. The zero-order valence-corrected chi connectivity index (χ0v) is 19.1. The van der Waals surface area contributed by atoms with Gasteiger partial charge in [-0.1, -0.05) is 6.92 Å². The number of rotatable bonds is 7. The van der Waals surface area contributed by atoms with Crippen molar-refractivity contribution in [1.29, 1.82) is 0 Å². The third kappa shape index (κ3) is 7.76. The van der Waals surface area contributed by atoms with Crippen LogP contribution in [-0.4, -0.2) is 80.1 Å². The second-order valence-corrected chi connectivity index (χ2v) is 7.57. The largest absolute Gasteiger partial charge is 0.357 e. The van der Waals surface area contributed by atoms with E-state index in [1.54, 1.807) is 0 Å². The monoisotopic (exact) mass is 480 g/mol. The fourth-order valence-corrected chi connectivity index (χ4v) is 3.61. The molecule has 0 aromatic carbocycles. The first kappa shape index (κ1) is 22.6. The van der Waals surface area contributed by atoms with Crippen molar-refractivity contribution in [3.63, 3.8) is 0 Å². The summed E-state index contributed by atoms with van der Waals surface area (Å²) in [6.45, 7) is 10.2. The summed E-state index contributed by atoms with van der Waals surface area (Å²) < 4.78 is 0. The second kappa shape index (κ2) is 12.0. The van der Waals surface area contributed by atoms with E-state index in [1.165, 1.54) is 9.88 Å². The molecule has 0 spiro atoms. The third-order valence-corrected chi connectivity index (χ3v) is 5.57. The van der Waals surface area contributed by atoms with E-state index in [4.69, 9.17) is 4.99 Å². The Morgan fingerprint density at radius 3 is 2.80 bits per heavy atom. The van der Waals surface area contributed by atoms with Crippen molar-refractivity contribution < 1.29 is 0 Å². The van der Waals surface area contributed by atoms with Crippen molar-refractivity contribution in [2.24, 2.45) is 4.99 Å². The number of nitrogens with zero attached hydrogens (tertiary/aromatic N) is 4. The van der Waals surface area contributed by atoms with Crippen LogP contribution in [0.4, 0.5) is 0 Å². The Balaban J connectivity index is 0.00000312. The number of halogens is 1. The van der Waals surface area contributed by atoms with Gasteiger partial charge >= 0.3 is 0 Å². The van der Waals surface area contributed by atoms with Gasteiger partial charge in [0.2, 0.25) is 0 Å². The maximum atomic E-state index is 4.78. The quantitative estimate of drug-likeness (QED) is 0.353. The zero-order valence-electron chi connectivity index (χ0n) is 15.9. The van der Waals surface area contributed by atoms with Crippen molar-refractivity contribution in [1.82, 2.24) is 25.4 Å². The SMILES string of the molecule is CCNC(=NCC1CN(C)CCN1C)NCCc1ncc(CC)s1.I. The molecule has 2 heterocycles. The van der Waals surface area contributed by atoms with Crippen molar-refractivity contribution >= 4 is 41.3 Å². The minimum absolute atomic E-state index is 0. The van der Waals surface area contributed by atoms with Crippen LogP contribution in [-0.2, 0) is 12.8 Å². The molecule has 1 saturated heterocycles. The molecular formula is C17H33IN6S. The standard InChI is InChI=1S/C17H32N6S.HI/c1-5-15-12-20-16(24-15)7-8-19-17(18-6-2)21-11-14-13-22(3)9-10-23(14)4;/h12,14H,5-11,13H2,1-4H3,(H2,18,19,21);1H. The highest BCUT2D eigenvalue weighted by Gasteiger charge is 2.21. The van der Waals surface area contributed by atoms with Crippen LogP contribution in [0.2, 0.25) is 0 Å². The van der Waals surface area contributed by atoms with Gasteiger partial charge in [0.1, 0.15) is 0 Å². The lowest BCUT2D eigenvalue weighted by atomic mass is 10.2.